The molecule has 1 aromatic carbocycles. The number of benzene rings is 1. The maximum absolute atomic E-state index is 12.4. The van der Waals surface area contributed by atoms with Gasteiger partial charge in [0.1, 0.15) is 5.84 Å². The first kappa shape index (κ1) is 15.7. The minimum absolute atomic E-state index is 0.165. The molecule has 3 aliphatic rings. The predicted octanol–water partition coefficient (Wildman–Crippen LogP) is 2.85. The van der Waals surface area contributed by atoms with Crippen LogP contribution in [-0.4, -0.2) is 53.8 Å². The smallest absolute Gasteiger partial charge is 0.224 e. The molecule has 1 saturated carbocycles. The van der Waals surface area contributed by atoms with Crippen molar-refractivity contribution in [3.8, 4) is 0 Å². The Morgan fingerprint density at radius 2 is 2.00 bits per heavy atom. The molecule has 128 valence electrons. The molecule has 24 heavy (non-hydrogen) atoms. The second-order valence-electron chi connectivity index (χ2n) is 7.80. The zero-order valence-electron chi connectivity index (χ0n) is 14.8. The molecule has 0 N–H and O–H groups in total. The number of carbonyl (C=O) groups is 1. The third-order valence-corrected chi connectivity index (χ3v) is 6.03. The summed E-state index contributed by atoms with van der Waals surface area (Å²) >= 11 is 0. The van der Waals surface area contributed by atoms with E-state index in [2.05, 4.69) is 29.2 Å². The number of carbonyl (C=O) groups excluding carboxylic acids is 1. The van der Waals surface area contributed by atoms with Gasteiger partial charge < -0.3 is 9.80 Å². The van der Waals surface area contributed by atoms with Crippen molar-refractivity contribution in [3.63, 3.8) is 0 Å². The summed E-state index contributed by atoms with van der Waals surface area (Å²) in [7, 11) is 3.71. The number of fused-ring (bicyclic) bond motifs is 4. The van der Waals surface area contributed by atoms with Gasteiger partial charge in [-0.15, -0.1) is 0 Å². The van der Waals surface area contributed by atoms with Gasteiger partial charge in [0.2, 0.25) is 5.91 Å². The molecule has 4 nitrogen and oxygen atoms in total. The summed E-state index contributed by atoms with van der Waals surface area (Å²) in [4.78, 5) is 21.7. The monoisotopic (exact) mass is 325 g/mol. The Morgan fingerprint density at radius 3 is 2.75 bits per heavy atom. The van der Waals surface area contributed by atoms with Crippen molar-refractivity contribution in [1.82, 2.24) is 9.80 Å². The van der Waals surface area contributed by atoms with Crippen molar-refractivity contribution < 1.29 is 4.79 Å². The Morgan fingerprint density at radius 1 is 1.25 bits per heavy atom. The van der Waals surface area contributed by atoms with E-state index in [9.17, 15) is 4.79 Å². The van der Waals surface area contributed by atoms with E-state index in [1.54, 1.807) is 4.90 Å². The van der Waals surface area contributed by atoms with Crippen LogP contribution in [0.5, 0.6) is 0 Å². The summed E-state index contributed by atoms with van der Waals surface area (Å²) in [6.45, 7) is 0.906. The van der Waals surface area contributed by atoms with Crippen LogP contribution in [0.2, 0.25) is 0 Å². The number of rotatable bonds is 2. The largest absolute Gasteiger partial charge is 0.349 e. The SMILES string of the molecule is CN(C)C(=O)CC1Cc2ccccc2C2=NCC3(CCCCC3)N21. The van der Waals surface area contributed by atoms with Crippen molar-refractivity contribution in [2.45, 2.75) is 56.5 Å². The van der Waals surface area contributed by atoms with Gasteiger partial charge in [-0.05, 0) is 24.8 Å². The summed E-state index contributed by atoms with van der Waals surface area (Å²) in [6, 6.07) is 8.86. The van der Waals surface area contributed by atoms with E-state index in [4.69, 9.17) is 4.99 Å². The predicted molar refractivity (Wildman–Crippen MR) is 96.3 cm³/mol. The Labute approximate surface area is 144 Å². The number of nitrogens with zero attached hydrogens (tertiary/aromatic N) is 3. The van der Waals surface area contributed by atoms with Crippen molar-refractivity contribution in [1.29, 1.82) is 0 Å². The molecule has 0 aromatic heterocycles. The highest BCUT2D eigenvalue weighted by Gasteiger charge is 2.49. The van der Waals surface area contributed by atoms with Gasteiger partial charge in [0.05, 0.1) is 12.1 Å². The van der Waals surface area contributed by atoms with E-state index in [0.717, 1.165) is 18.8 Å². The first-order valence-corrected chi connectivity index (χ1v) is 9.23. The highest BCUT2D eigenvalue weighted by atomic mass is 16.2. The van der Waals surface area contributed by atoms with Crippen molar-refractivity contribution in [2.75, 3.05) is 20.6 Å². The molecule has 4 heteroatoms. The summed E-state index contributed by atoms with van der Waals surface area (Å²) in [6.07, 6.45) is 7.88. The van der Waals surface area contributed by atoms with E-state index >= 15 is 0 Å². The molecule has 0 saturated heterocycles. The number of amides is 1. The third kappa shape index (κ3) is 2.43. The van der Waals surface area contributed by atoms with E-state index in [1.807, 2.05) is 14.1 Å². The minimum Gasteiger partial charge on any atom is -0.349 e. The van der Waals surface area contributed by atoms with Gasteiger partial charge in [0.25, 0.3) is 0 Å². The van der Waals surface area contributed by atoms with Crippen molar-refractivity contribution in [3.05, 3.63) is 35.4 Å². The Hall–Kier alpha value is -1.84. The zero-order chi connectivity index (χ0) is 16.7. The average Bonchev–Trinajstić information content (AvgIpc) is 2.95. The summed E-state index contributed by atoms with van der Waals surface area (Å²) in [5.41, 5.74) is 2.80. The molecule has 2 heterocycles. The zero-order valence-corrected chi connectivity index (χ0v) is 14.8. The molecule has 1 fully saturated rings. The number of amidine groups is 1. The lowest BCUT2D eigenvalue weighted by molar-refractivity contribution is -0.130. The van der Waals surface area contributed by atoms with Crippen LogP contribution in [0.1, 0.15) is 49.7 Å². The molecule has 1 aliphatic carbocycles. The van der Waals surface area contributed by atoms with Crippen LogP contribution in [-0.2, 0) is 11.2 Å². The maximum atomic E-state index is 12.4. The van der Waals surface area contributed by atoms with Crippen LogP contribution in [0.15, 0.2) is 29.3 Å². The Bertz CT molecular complexity index is 673. The minimum atomic E-state index is 0.165. The van der Waals surface area contributed by atoms with Gasteiger partial charge in [-0.3, -0.25) is 9.79 Å². The molecule has 1 atom stereocenters. The molecule has 4 rings (SSSR count). The van der Waals surface area contributed by atoms with E-state index in [1.165, 1.54) is 43.2 Å². The van der Waals surface area contributed by atoms with Crippen LogP contribution in [0.4, 0.5) is 0 Å². The van der Waals surface area contributed by atoms with Gasteiger partial charge in [0, 0.05) is 32.1 Å². The van der Waals surface area contributed by atoms with Crippen LogP contribution in [0, 0.1) is 0 Å². The molecular formula is C20H27N3O. The summed E-state index contributed by atoms with van der Waals surface area (Å²) in [5, 5.41) is 0. The van der Waals surface area contributed by atoms with Crippen molar-refractivity contribution >= 4 is 11.7 Å². The fraction of sp³-hybridized carbons (Fsp3) is 0.600. The molecule has 0 radical (unpaired) electrons. The molecule has 1 unspecified atom stereocenters. The molecular weight excluding hydrogens is 298 g/mol. The third-order valence-electron chi connectivity index (χ3n) is 6.03. The van der Waals surface area contributed by atoms with Crippen LogP contribution in [0.3, 0.4) is 0 Å². The summed E-state index contributed by atoms with van der Waals surface area (Å²) < 4.78 is 0. The van der Waals surface area contributed by atoms with Crippen LogP contribution in [0.25, 0.3) is 0 Å². The second kappa shape index (κ2) is 5.91. The standard InChI is InChI=1S/C20H27N3O/c1-22(2)18(24)13-16-12-15-8-4-5-9-17(15)19-21-14-20(23(16)19)10-6-3-7-11-20/h4-5,8-9,16H,3,6-7,10-14H2,1-2H3. The lowest BCUT2D eigenvalue weighted by Gasteiger charge is -2.49. The molecule has 1 spiro atoms. The van der Waals surface area contributed by atoms with Gasteiger partial charge in [-0.25, -0.2) is 0 Å². The quantitative estimate of drug-likeness (QED) is 0.838. The lowest BCUT2D eigenvalue weighted by Crippen LogP contribution is -2.58. The average molecular weight is 325 g/mol. The van der Waals surface area contributed by atoms with Crippen molar-refractivity contribution in [2.24, 2.45) is 4.99 Å². The molecule has 0 bridgehead atoms. The highest BCUT2D eigenvalue weighted by molar-refractivity contribution is 6.03. The number of hydrogen-bond acceptors (Lipinski definition) is 3. The normalized spacial score (nSPS) is 24.3. The van der Waals surface area contributed by atoms with E-state index in [0.29, 0.717) is 6.42 Å². The first-order chi connectivity index (χ1) is 11.6. The van der Waals surface area contributed by atoms with Gasteiger partial charge in [0.15, 0.2) is 0 Å². The first-order valence-electron chi connectivity index (χ1n) is 9.23. The maximum Gasteiger partial charge on any atom is 0.224 e. The Kier molecular flexibility index (Phi) is 3.86. The molecule has 1 amide bonds. The van der Waals surface area contributed by atoms with Crippen LogP contribution >= 0.6 is 0 Å². The fourth-order valence-electron chi connectivity index (χ4n) is 4.79. The van der Waals surface area contributed by atoms with Gasteiger partial charge in [-0.2, -0.15) is 0 Å². The topological polar surface area (TPSA) is 35.9 Å². The molecule has 1 aromatic rings. The number of aliphatic imine (C=N–C) groups is 1. The summed E-state index contributed by atoms with van der Waals surface area (Å²) in [5.74, 6) is 1.37. The molecule has 2 aliphatic heterocycles. The number of hydrogen-bond donors (Lipinski definition) is 0. The van der Waals surface area contributed by atoms with Gasteiger partial charge in [-0.1, -0.05) is 43.5 Å². The van der Waals surface area contributed by atoms with Gasteiger partial charge >= 0.3 is 0 Å². The van der Waals surface area contributed by atoms with E-state index in [-0.39, 0.29) is 17.5 Å². The lowest BCUT2D eigenvalue weighted by atomic mass is 9.78. The highest BCUT2D eigenvalue weighted by Crippen LogP contribution is 2.43. The van der Waals surface area contributed by atoms with E-state index < -0.39 is 0 Å². The Balaban J connectivity index is 1.72. The van der Waals surface area contributed by atoms with Crippen LogP contribution < -0.4 is 0 Å². The fourth-order valence-corrected chi connectivity index (χ4v) is 4.79. The second-order valence-corrected chi connectivity index (χ2v) is 7.80.